The summed E-state index contributed by atoms with van der Waals surface area (Å²) in [5.74, 6) is -1.27. The molecule has 3 nitrogen and oxygen atoms in total. The van der Waals surface area contributed by atoms with Gasteiger partial charge >= 0.3 is 12.1 Å². The number of carboxylic acids is 1. The number of aryl methyl sites for hydroxylation is 1. The van der Waals surface area contributed by atoms with Crippen molar-refractivity contribution in [3.63, 3.8) is 0 Å². The van der Waals surface area contributed by atoms with Gasteiger partial charge in [0, 0.05) is 0 Å². The Hall–Kier alpha value is -1.56. The highest BCUT2D eigenvalue weighted by molar-refractivity contribution is 5.67. The van der Waals surface area contributed by atoms with E-state index in [2.05, 4.69) is 0 Å². The number of aliphatic hydroxyl groups is 1. The second-order valence-corrected chi connectivity index (χ2v) is 3.69. The van der Waals surface area contributed by atoms with E-state index < -0.39 is 30.2 Å². The Labute approximate surface area is 95.5 Å². The van der Waals surface area contributed by atoms with E-state index in [4.69, 9.17) is 5.11 Å². The smallest absolute Gasteiger partial charge is 0.416 e. The molecule has 0 aliphatic rings. The third kappa shape index (κ3) is 3.45. The summed E-state index contributed by atoms with van der Waals surface area (Å²) in [7, 11) is 0. The number of halogens is 3. The molecule has 0 spiro atoms. The average Bonchev–Trinajstić information content (AvgIpc) is 2.15. The summed E-state index contributed by atoms with van der Waals surface area (Å²) in [4.78, 5) is 10.3. The molecule has 1 aromatic rings. The van der Waals surface area contributed by atoms with Gasteiger partial charge in [-0.1, -0.05) is 12.1 Å². The van der Waals surface area contributed by atoms with E-state index in [0.717, 1.165) is 6.07 Å². The highest BCUT2D eigenvalue weighted by Gasteiger charge is 2.33. The fourth-order valence-electron chi connectivity index (χ4n) is 1.44. The lowest BCUT2D eigenvalue weighted by Gasteiger charge is -2.14. The molecule has 0 bridgehead atoms. The minimum atomic E-state index is -4.51. The Bertz CT molecular complexity index is 426. The molecule has 1 aromatic carbocycles. The number of aliphatic carboxylic acids is 1. The van der Waals surface area contributed by atoms with Crippen molar-refractivity contribution < 1.29 is 28.2 Å². The maximum Gasteiger partial charge on any atom is 0.416 e. The highest BCUT2D eigenvalue weighted by atomic mass is 19.4. The maximum atomic E-state index is 12.6. The molecular formula is C11H11F3O3. The van der Waals surface area contributed by atoms with Crippen LogP contribution in [0.1, 0.15) is 29.2 Å². The molecule has 0 aromatic heterocycles. The van der Waals surface area contributed by atoms with Crippen molar-refractivity contribution in [2.75, 3.05) is 0 Å². The lowest BCUT2D eigenvalue weighted by molar-refractivity contribution is -0.139. The van der Waals surface area contributed by atoms with Crippen LogP contribution in [-0.2, 0) is 11.0 Å². The highest BCUT2D eigenvalue weighted by Crippen LogP contribution is 2.33. The maximum absolute atomic E-state index is 12.6. The summed E-state index contributed by atoms with van der Waals surface area (Å²) in [6.07, 6.45) is -6.57. The van der Waals surface area contributed by atoms with Gasteiger partial charge in [-0.05, 0) is 24.1 Å². The minimum absolute atomic E-state index is 0.0313. The van der Waals surface area contributed by atoms with Crippen LogP contribution in [0.5, 0.6) is 0 Å². The number of benzene rings is 1. The fraction of sp³-hybridized carbons (Fsp3) is 0.364. The van der Waals surface area contributed by atoms with Crippen LogP contribution in [0.15, 0.2) is 18.2 Å². The lowest BCUT2D eigenvalue weighted by Crippen LogP contribution is -2.11. The predicted molar refractivity (Wildman–Crippen MR) is 53.4 cm³/mol. The molecule has 94 valence electrons. The van der Waals surface area contributed by atoms with E-state index in [-0.39, 0.29) is 11.1 Å². The van der Waals surface area contributed by atoms with Crippen molar-refractivity contribution in [1.82, 2.24) is 0 Å². The van der Waals surface area contributed by atoms with Gasteiger partial charge in [0.05, 0.1) is 18.1 Å². The van der Waals surface area contributed by atoms with E-state index >= 15 is 0 Å². The number of alkyl halides is 3. The Morgan fingerprint density at radius 2 is 2.00 bits per heavy atom. The van der Waals surface area contributed by atoms with Gasteiger partial charge in [-0.15, -0.1) is 0 Å². The zero-order valence-electron chi connectivity index (χ0n) is 8.95. The van der Waals surface area contributed by atoms with Gasteiger partial charge in [0.15, 0.2) is 0 Å². The Morgan fingerprint density at radius 3 is 2.47 bits per heavy atom. The van der Waals surface area contributed by atoms with Crippen molar-refractivity contribution in [3.8, 4) is 0 Å². The van der Waals surface area contributed by atoms with Crippen molar-refractivity contribution in [2.45, 2.75) is 25.6 Å². The van der Waals surface area contributed by atoms with E-state index in [1.807, 2.05) is 0 Å². The molecule has 1 rings (SSSR count). The van der Waals surface area contributed by atoms with E-state index in [0.29, 0.717) is 0 Å². The van der Waals surface area contributed by atoms with Gasteiger partial charge in [-0.3, -0.25) is 4.79 Å². The average molecular weight is 248 g/mol. The van der Waals surface area contributed by atoms with Gasteiger partial charge in [0.2, 0.25) is 0 Å². The Kier molecular flexibility index (Phi) is 3.77. The third-order valence-corrected chi connectivity index (χ3v) is 2.32. The number of carbonyl (C=O) groups is 1. The van der Waals surface area contributed by atoms with Gasteiger partial charge in [-0.2, -0.15) is 13.2 Å². The van der Waals surface area contributed by atoms with Crippen molar-refractivity contribution >= 4 is 5.97 Å². The van der Waals surface area contributed by atoms with Crippen molar-refractivity contribution in [3.05, 3.63) is 34.9 Å². The first-order chi connectivity index (χ1) is 7.71. The molecule has 0 unspecified atom stereocenters. The van der Waals surface area contributed by atoms with Crippen LogP contribution in [0.3, 0.4) is 0 Å². The molecule has 0 amide bonds. The van der Waals surface area contributed by atoms with E-state index in [1.54, 1.807) is 0 Å². The third-order valence-electron chi connectivity index (χ3n) is 2.32. The van der Waals surface area contributed by atoms with Gasteiger partial charge in [-0.25, -0.2) is 0 Å². The first-order valence-corrected chi connectivity index (χ1v) is 4.79. The summed E-state index contributed by atoms with van der Waals surface area (Å²) in [6.45, 7) is 1.30. The molecule has 1 atom stereocenters. The molecule has 0 saturated carbocycles. The predicted octanol–water partition coefficient (Wildman–Crippen LogP) is 2.52. The molecule has 6 heteroatoms. The molecule has 0 heterocycles. The second kappa shape index (κ2) is 4.75. The topological polar surface area (TPSA) is 57.5 Å². The summed E-state index contributed by atoms with van der Waals surface area (Å²) >= 11 is 0. The lowest BCUT2D eigenvalue weighted by atomic mass is 10.00. The SMILES string of the molecule is Cc1ccc([C@H](O)CC(=O)O)cc1C(F)(F)F. The van der Waals surface area contributed by atoms with Crippen LogP contribution in [-0.4, -0.2) is 16.2 Å². The zero-order chi connectivity index (χ0) is 13.2. The molecular weight excluding hydrogens is 237 g/mol. The summed E-state index contributed by atoms with van der Waals surface area (Å²) in [5.41, 5.74) is -0.881. The number of hydrogen-bond donors (Lipinski definition) is 2. The number of hydrogen-bond acceptors (Lipinski definition) is 2. The summed E-state index contributed by atoms with van der Waals surface area (Å²) < 4.78 is 37.7. The monoisotopic (exact) mass is 248 g/mol. The van der Waals surface area contributed by atoms with Gasteiger partial charge in [0.1, 0.15) is 0 Å². The first-order valence-electron chi connectivity index (χ1n) is 4.79. The molecule has 2 N–H and O–H groups in total. The molecule has 0 saturated heterocycles. The molecule has 17 heavy (non-hydrogen) atoms. The summed E-state index contributed by atoms with van der Waals surface area (Å²) in [6, 6.07) is 3.28. The van der Waals surface area contributed by atoms with Crippen molar-refractivity contribution in [1.29, 1.82) is 0 Å². The number of carboxylic acid groups (broad SMARTS) is 1. The van der Waals surface area contributed by atoms with Crippen LogP contribution < -0.4 is 0 Å². The normalized spacial score (nSPS) is 13.5. The molecule has 0 fully saturated rings. The van der Waals surface area contributed by atoms with Crippen molar-refractivity contribution in [2.24, 2.45) is 0 Å². The van der Waals surface area contributed by atoms with Crippen LogP contribution in [0.2, 0.25) is 0 Å². The summed E-state index contributed by atoms with van der Waals surface area (Å²) in [5, 5.41) is 17.9. The largest absolute Gasteiger partial charge is 0.481 e. The van der Waals surface area contributed by atoms with Gasteiger partial charge in [0.25, 0.3) is 0 Å². The standard InChI is InChI=1S/C11H11F3O3/c1-6-2-3-7(9(15)5-10(16)17)4-8(6)11(12,13)14/h2-4,9,15H,5H2,1H3,(H,16,17)/t9-/m1/s1. The molecule has 0 aliphatic heterocycles. The quantitative estimate of drug-likeness (QED) is 0.864. The van der Waals surface area contributed by atoms with Gasteiger partial charge < -0.3 is 10.2 Å². The van der Waals surface area contributed by atoms with E-state index in [1.165, 1.54) is 19.1 Å². The van der Waals surface area contributed by atoms with Crippen LogP contribution in [0.25, 0.3) is 0 Å². The van der Waals surface area contributed by atoms with Crippen LogP contribution in [0, 0.1) is 6.92 Å². The minimum Gasteiger partial charge on any atom is -0.481 e. The zero-order valence-corrected chi connectivity index (χ0v) is 8.95. The first kappa shape index (κ1) is 13.5. The molecule has 0 aliphatic carbocycles. The van der Waals surface area contributed by atoms with Crippen LogP contribution >= 0.6 is 0 Å². The fourth-order valence-corrected chi connectivity index (χ4v) is 1.44. The Balaban J connectivity index is 3.08. The second-order valence-electron chi connectivity index (χ2n) is 3.69. The molecule has 0 radical (unpaired) electrons. The van der Waals surface area contributed by atoms with Crippen LogP contribution in [0.4, 0.5) is 13.2 Å². The Morgan fingerprint density at radius 1 is 1.41 bits per heavy atom. The number of rotatable bonds is 3. The van der Waals surface area contributed by atoms with E-state index in [9.17, 15) is 23.1 Å². The number of aliphatic hydroxyl groups excluding tert-OH is 1.